The number of amides is 1. The zero-order valence-corrected chi connectivity index (χ0v) is 12.9. The van der Waals surface area contributed by atoms with Crippen molar-refractivity contribution in [3.05, 3.63) is 35.9 Å². The highest BCUT2D eigenvalue weighted by atomic mass is 16.2. The Bertz CT molecular complexity index is 365. The SMILES string of the molecule is CCCCN(C)C(=O)CCNCCCc1ccccc1. The number of nitrogens with zero attached hydrogens (tertiary/aromatic N) is 1. The molecule has 0 radical (unpaired) electrons. The van der Waals surface area contributed by atoms with E-state index in [0.717, 1.165) is 45.3 Å². The minimum absolute atomic E-state index is 0.244. The molecule has 1 rings (SSSR count). The van der Waals surface area contributed by atoms with Crippen molar-refractivity contribution in [2.45, 2.75) is 39.0 Å². The molecule has 0 bridgehead atoms. The lowest BCUT2D eigenvalue weighted by Gasteiger charge is -2.16. The molecule has 3 nitrogen and oxygen atoms in total. The smallest absolute Gasteiger partial charge is 0.223 e. The van der Waals surface area contributed by atoms with E-state index in [4.69, 9.17) is 0 Å². The van der Waals surface area contributed by atoms with E-state index in [1.54, 1.807) is 0 Å². The first-order valence-corrected chi connectivity index (χ1v) is 7.72. The number of rotatable bonds is 10. The minimum Gasteiger partial charge on any atom is -0.346 e. The number of carbonyl (C=O) groups is 1. The quantitative estimate of drug-likeness (QED) is 0.666. The maximum absolute atomic E-state index is 11.8. The van der Waals surface area contributed by atoms with Crippen LogP contribution in [0.15, 0.2) is 30.3 Å². The fourth-order valence-electron chi connectivity index (χ4n) is 2.09. The highest BCUT2D eigenvalue weighted by Gasteiger charge is 2.06. The molecule has 3 heteroatoms. The molecule has 1 N–H and O–H groups in total. The summed E-state index contributed by atoms with van der Waals surface area (Å²) in [5, 5.41) is 3.35. The minimum atomic E-state index is 0.244. The monoisotopic (exact) mass is 276 g/mol. The Hall–Kier alpha value is -1.35. The fourth-order valence-corrected chi connectivity index (χ4v) is 2.09. The molecule has 0 aliphatic rings. The van der Waals surface area contributed by atoms with Crippen LogP contribution in [0, 0.1) is 0 Å². The van der Waals surface area contributed by atoms with Gasteiger partial charge in [0.05, 0.1) is 0 Å². The number of benzene rings is 1. The van der Waals surface area contributed by atoms with Crippen LogP contribution in [0.5, 0.6) is 0 Å². The highest BCUT2D eigenvalue weighted by Crippen LogP contribution is 2.01. The largest absolute Gasteiger partial charge is 0.346 e. The van der Waals surface area contributed by atoms with E-state index in [9.17, 15) is 4.79 Å². The molecule has 0 saturated carbocycles. The third-order valence-electron chi connectivity index (χ3n) is 3.45. The molecule has 112 valence electrons. The van der Waals surface area contributed by atoms with Crippen LogP contribution in [0.2, 0.25) is 0 Å². The normalized spacial score (nSPS) is 10.5. The first kappa shape index (κ1) is 16.7. The van der Waals surface area contributed by atoms with Gasteiger partial charge in [-0.25, -0.2) is 0 Å². The van der Waals surface area contributed by atoms with Crippen LogP contribution < -0.4 is 5.32 Å². The maximum atomic E-state index is 11.8. The van der Waals surface area contributed by atoms with Crippen molar-refractivity contribution in [3.63, 3.8) is 0 Å². The Morgan fingerprint density at radius 3 is 2.60 bits per heavy atom. The first-order chi connectivity index (χ1) is 9.74. The van der Waals surface area contributed by atoms with Gasteiger partial charge in [0, 0.05) is 26.6 Å². The molecule has 1 amide bonds. The van der Waals surface area contributed by atoms with E-state index >= 15 is 0 Å². The van der Waals surface area contributed by atoms with Gasteiger partial charge in [0.25, 0.3) is 0 Å². The lowest BCUT2D eigenvalue weighted by Crippen LogP contribution is -2.30. The third-order valence-corrected chi connectivity index (χ3v) is 3.45. The van der Waals surface area contributed by atoms with Gasteiger partial charge in [-0.1, -0.05) is 43.7 Å². The lowest BCUT2D eigenvalue weighted by atomic mass is 10.1. The van der Waals surface area contributed by atoms with Crippen LogP contribution in [0.25, 0.3) is 0 Å². The third kappa shape index (κ3) is 7.29. The first-order valence-electron chi connectivity index (χ1n) is 7.72. The van der Waals surface area contributed by atoms with Gasteiger partial charge in [-0.05, 0) is 31.4 Å². The number of hydrogen-bond donors (Lipinski definition) is 1. The average Bonchev–Trinajstić information content (AvgIpc) is 2.49. The molecule has 1 aromatic rings. The van der Waals surface area contributed by atoms with Gasteiger partial charge in [0.15, 0.2) is 0 Å². The van der Waals surface area contributed by atoms with Crippen LogP contribution in [0.3, 0.4) is 0 Å². The van der Waals surface area contributed by atoms with Crippen molar-refractivity contribution < 1.29 is 4.79 Å². The Morgan fingerprint density at radius 2 is 1.90 bits per heavy atom. The summed E-state index contributed by atoms with van der Waals surface area (Å²) in [4.78, 5) is 13.6. The summed E-state index contributed by atoms with van der Waals surface area (Å²) in [5.74, 6) is 0.244. The Kier molecular flexibility index (Phi) is 8.72. The van der Waals surface area contributed by atoms with Crippen LogP contribution in [-0.2, 0) is 11.2 Å². The van der Waals surface area contributed by atoms with Crippen molar-refractivity contribution in [2.75, 3.05) is 26.7 Å². The summed E-state index contributed by atoms with van der Waals surface area (Å²) >= 11 is 0. The predicted molar refractivity (Wildman–Crippen MR) is 84.8 cm³/mol. The number of unbranched alkanes of at least 4 members (excludes halogenated alkanes) is 1. The molecule has 0 aromatic heterocycles. The van der Waals surface area contributed by atoms with Crippen LogP contribution >= 0.6 is 0 Å². The summed E-state index contributed by atoms with van der Waals surface area (Å²) in [5.41, 5.74) is 1.38. The zero-order valence-electron chi connectivity index (χ0n) is 12.9. The number of aryl methyl sites for hydroxylation is 1. The number of nitrogens with one attached hydrogen (secondary N) is 1. The molecule has 0 aliphatic heterocycles. The molecule has 0 fully saturated rings. The second-order valence-corrected chi connectivity index (χ2v) is 5.26. The fraction of sp³-hybridized carbons (Fsp3) is 0.588. The number of carbonyl (C=O) groups excluding carboxylic acids is 1. The topological polar surface area (TPSA) is 32.3 Å². The Morgan fingerprint density at radius 1 is 1.15 bits per heavy atom. The van der Waals surface area contributed by atoms with Crippen molar-refractivity contribution in [3.8, 4) is 0 Å². The molecule has 20 heavy (non-hydrogen) atoms. The van der Waals surface area contributed by atoms with E-state index in [2.05, 4.69) is 36.5 Å². The average molecular weight is 276 g/mol. The summed E-state index contributed by atoms with van der Waals surface area (Å²) in [7, 11) is 1.90. The van der Waals surface area contributed by atoms with Crippen molar-refractivity contribution in [2.24, 2.45) is 0 Å². The zero-order chi connectivity index (χ0) is 14.6. The van der Waals surface area contributed by atoms with E-state index in [0.29, 0.717) is 6.42 Å². The summed E-state index contributed by atoms with van der Waals surface area (Å²) in [6.45, 7) is 4.78. The Balaban J connectivity index is 2.00. The molecule has 0 aliphatic carbocycles. The van der Waals surface area contributed by atoms with E-state index in [1.165, 1.54) is 5.56 Å². The van der Waals surface area contributed by atoms with E-state index < -0.39 is 0 Å². The van der Waals surface area contributed by atoms with Crippen LogP contribution in [-0.4, -0.2) is 37.5 Å². The van der Waals surface area contributed by atoms with Gasteiger partial charge in [-0.2, -0.15) is 0 Å². The summed E-state index contributed by atoms with van der Waals surface area (Å²) in [6.07, 6.45) is 5.04. The summed E-state index contributed by atoms with van der Waals surface area (Å²) < 4.78 is 0. The van der Waals surface area contributed by atoms with Crippen molar-refractivity contribution in [1.29, 1.82) is 0 Å². The summed E-state index contributed by atoms with van der Waals surface area (Å²) in [6, 6.07) is 10.5. The van der Waals surface area contributed by atoms with Gasteiger partial charge in [0.2, 0.25) is 5.91 Å². The van der Waals surface area contributed by atoms with E-state index in [-0.39, 0.29) is 5.91 Å². The molecule has 1 aromatic carbocycles. The molecule has 0 unspecified atom stereocenters. The Labute approximate surface area is 123 Å². The lowest BCUT2D eigenvalue weighted by molar-refractivity contribution is -0.129. The highest BCUT2D eigenvalue weighted by molar-refractivity contribution is 5.75. The van der Waals surface area contributed by atoms with E-state index in [1.807, 2.05) is 18.0 Å². The second kappa shape index (κ2) is 10.4. The molecule has 0 saturated heterocycles. The molecule has 0 spiro atoms. The van der Waals surface area contributed by atoms with Gasteiger partial charge in [-0.15, -0.1) is 0 Å². The maximum Gasteiger partial charge on any atom is 0.223 e. The van der Waals surface area contributed by atoms with Gasteiger partial charge in [-0.3, -0.25) is 4.79 Å². The van der Waals surface area contributed by atoms with Crippen molar-refractivity contribution >= 4 is 5.91 Å². The van der Waals surface area contributed by atoms with Crippen LogP contribution in [0.4, 0.5) is 0 Å². The van der Waals surface area contributed by atoms with Crippen molar-refractivity contribution in [1.82, 2.24) is 10.2 Å². The number of hydrogen-bond acceptors (Lipinski definition) is 2. The van der Waals surface area contributed by atoms with Gasteiger partial charge in [0.1, 0.15) is 0 Å². The molecule has 0 heterocycles. The standard InChI is InChI=1S/C17H28N2O/c1-3-4-15-19(2)17(20)12-14-18-13-8-11-16-9-6-5-7-10-16/h5-7,9-10,18H,3-4,8,11-15H2,1-2H3. The van der Waals surface area contributed by atoms with Gasteiger partial charge < -0.3 is 10.2 Å². The molecule has 0 atom stereocenters. The predicted octanol–water partition coefficient (Wildman–Crippen LogP) is 2.86. The van der Waals surface area contributed by atoms with Gasteiger partial charge >= 0.3 is 0 Å². The van der Waals surface area contributed by atoms with Crippen LogP contribution in [0.1, 0.15) is 38.2 Å². The molecular formula is C17H28N2O. The second-order valence-electron chi connectivity index (χ2n) is 5.26. The molecular weight excluding hydrogens is 248 g/mol.